The Balaban J connectivity index is 1.46. The van der Waals surface area contributed by atoms with E-state index in [4.69, 9.17) is 5.73 Å². The van der Waals surface area contributed by atoms with Gasteiger partial charge in [0.15, 0.2) is 0 Å². The Bertz CT molecular complexity index is 2180. The van der Waals surface area contributed by atoms with Crippen LogP contribution in [0.1, 0.15) is 22.6 Å². The van der Waals surface area contributed by atoms with Gasteiger partial charge in [-0.2, -0.15) is 0 Å². The Hall–Kier alpha value is -5.70. The number of hydrogen-bond donors (Lipinski definition) is 1. The summed E-state index contributed by atoms with van der Waals surface area (Å²) in [4.78, 5) is 2.31. The van der Waals surface area contributed by atoms with Gasteiger partial charge in [0.2, 0.25) is 0 Å². The van der Waals surface area contributed by atoms with Crippen LogP contribution in [0, 0.1) is 0 Å². The molecule has 2 N–H and O–H groups in total. The van der Waals surface area contributed by atoms with E-state index in [-0.39, 0.29) is 5.92 Å². The predicted molar refractivity (Wildman–Crippen MR) is 195 cm³/mol. The molecular formula is C44H34N2. The number of para-hydroxylation sites is 2. The highest BCUT2D eigenvalue weighted by Crippen LogP contribution is 2.52. The SMILES string of the molecule is NC1(N(c2ccccc2)c2ccccc2)C=CC(c2ccccc2)=C(c2ccc3ccccc3c2)C1c1ccc2ccccc2c1. The number of benzene rings is 7. The van der Waals surface area contributed by atoms with E-state index in [9.17, 15) is 0 Å². The zero-order valence-electron chi connectivity index (χ0n) is 25.5. The molecule has 0 amide bonds. The predicted octanol–water partition coefficient (Wildman–Crippen LogP) is 10.8. The molecule has 8 rings (SSSR count). The summed E-state index contributed by atoms with van der Waals surface area (Å²) in [6.45, 7) is 0. The summed E-state index contributed by atoms with van der Waals surface area (Å²) >= 11 is 0. The van der Waals surface area contributed by atoms with Crippen LogP contribution < -0.4 is 10.6 Å². The van der Waals surface area contributed by atoms with Gasteiger partial charge in [-0.3, -0.25) is 0 Å². The average Bonchev–Trinajstić information content (AvgIpc) is 3.12. The zero-order chi connectivity index (χ0) is 30.9. The topological polar surface area (TPSA) is 29.3 Å². The Labute approximate surface area is 270 Å². The minimum Gasteiger partial charge on any atom is -0.318 e. The molecule has 2 atom stereocenters. The van der Waals surface area contributed by atoms with E-state index in [2.05, 4.69) is 193 Å². The van der Waals surface area contributed by atoms with E-state index in [1.54, 1.807) is 0 Å². The van der Waals surface area contributed by atoms with Gasteiger partial charge in [-0.15, -0.1) is 0 Å². The van der Waals surface area contributed by atoms with Gasteiger partial charge >= 0.3 is 0 Å². The quantitative estimate of drug-likeness (QED) is 0.195. The van der Waals surface area contributed by atoms with Crippen molar-refractivity contribution in [3.8, 4) is 0 Å². The number of rotatable bonds is 6. The molecule has 46 heavy (non-hydrogen) atoms. The van der Waals surface area contributed by atoms with E-state index in [1.807, 2.05) is 0 Å². The Morgan fingerprint density at radius 2 is 0.957 bits per heavy atom. The van der Waals surface area contributed by atoms with Gasteiger partial charge in [0, 0.05) is 11.4 Å². The molecule has 0 saturated heterocycles. The lowest BCUT2D eigenvalue weighted by atomic mass is 9.70. The van der Waals surface area contributed by atoms with Crippen molar-refractivity contribution < 1.29 is 0 Å². The zero-order valence-corrected chi connectivity index (χ0v) is 25.5. The number of nitrogens with two attached hydrogens (primary N) is 1. The molecule has 0 saturated carbocycles. The lowest BCUT2D eigenvalue weighted by Gasteiger charge is -2.49. The highest BCUT2D eigenvalue weighted by atomic mass is 15.3. The molecule has 0 aromatic heterocycles. The minimum atomic E-state index is -0.968. The number of nitrogens with zero attached hydrogens (tertiary/aromatic N) is 1. The van der Waals surface area contributed by atoms with E-state index in [0.717, 1.165) is 16.9 Å². The van der Waals surface area contributed by atoms with E-state index in [1.165, 1.54) is 43.8 Å². The van der Waals surface area contributed by atoms with Gasteiger partial charge in [-0.1, -0.05) is 152 Å². The Kier molecular flexibility index (Phi) is 7.05. The summed E-state index contributed by atoms with van der Waals surface area (Å²) in [6, 6.07) is 62.6. The van der Waals surface area contributed by atoms with E-state index in [0.29, 0.717) is 0 Å². The first-order valence-electron chi connectivity index (χ1n) is 15.8. The van der Waals surface area contributed by atoms with Gasteiger partial charge in [-0.25, -0.2) is 0 Å². The highest BCUT2D eigenvalue weighted by molar-refractivity contribution is 6.03. The third-order valence-corrected chi connectivity index (χ3v) is 9.23. The third-order valence-electron chi connectivity index (χ3n) is 9.23. The molecular weight excluding hydrogens is 556 g/mol. The first-order chi connectivity index (χ1) is 22.7. The number of fused-ring (bicyclic) bond motifs is 2. The molecule has 2 nitrogen and oxygen atoms in total. The van der Waals surface area contributed by atoms with Crippen LogP contribution in [0.4, 0.5) is 11.4 Å². The second-order valence-electron chi connectivity index (χ2n) is 12.0. The van der Waals surface area contributed by atoms with Crippen molar-refractivity contribution >= 4 is 44.1 Å². The molecule has 0 fully saturated rings. The average molecular weight is 591 g/mol. The van der Waals surface area contributed by atoms with Crippen LogP contribution in [0.15, 0.2) is 188 Å². The summed E-state index contributed by atoms with van der Waals surface area (Å²) < 4.78 is 0. The van der Waals surface area contributed by atoms with Crippen molar-refractivity contribution in [2.45, 2.75) is 11.6 Å². The molecule has 0 aliphatic heterocycles. The molecule has 2 unspecified atom stereocenters. The molecule has 0 radical (unpaired) electrons. The summed E-state index contributed by atoms with van der Waals surface area (Å²) in [7, 11) is 0. The summed E-state index contributed by atoms with van der Waals surface area (Å²) in [5, 5.41) is 4.83. The minimum absolute atomic E-state index is 0.237. The second kappa shape index (κ2) is 11.7. The monoisotopic (exact) mass is 590 g/mol. The smallest absolute Gasteiger partial charge is 0.123 e. The Morgan fingerprint density at radius 1 is 0.457 bits per heavy atom. The van der Waals surface area contributed by atoms with Crippen molar-refractivity contribution in [1.82, 2.24) is 0 Å². The fraction of sp³-hybridized carbons (Fsp3) is 0.0455. The van der Waals surface area contributed by atoms with E-state index >= 15 is 0 Å². The largest absolute Gasteiger partial charge is 0.318 e. The molecule has 0 heterocycles. The van der Waals surface area contributed by atoms with Gasteiger partial charge in [0.05, 0.1) is 5.92 Å². The van der Waals surface area contributed by atoms with Crippen molar-refractivity contribution in [3.63, 3.8) is 0 Å². The number of hydrogen-bond acceptors (Lipinski definition) is 2. The van der Waals surface area contributed by atoms with Crippen LogP contribution in [0.2, 0.25) is 0 Å². The van der Waals surface area contributed by atoms with Crippen molar-refractivity contribution in [2.24, 2.45) is 5.73 Å². The molecule has 1 aliphatic carbocycles. The maximum atomic E-state index is 7.97. The first kappa shape index (κ1) is 27.8. The summed E-state index contributed by atoms with van der Waals surface area (Å²) in [5.41, 5.74) is 15.0. The van der Waals surface area contributed by atoms with E-state index < -0.39 is 5.66 Å². The molecule has 1 aliphatic rings. The molecule has 7 aromatic carbocycles. The van der Waals surface area contributed by atoms with Crippen molar-refractivity contribution in [2.75, 3.05) is 4.90 Å². The second-order valence-corrected chi connectivity index (χ2v) is 12.0. The number of allylic oxidation sites excluding steroid dienone is 2. The van der Waals surface area contributed by atoms with Gasteiger partial charge < -0.3 is 10.6 Å². The van der Waals surface area contributed by atoms with Crippen LogP contribution in [0.3, 0.4) is 0 Å². The Morgan fingerprint density at radius 3 is 1.57 bits per heavy atom. The van der Waals surface area contributed by atoms with Crippen LogP contribution in [0.5, 0.6) is 0 Å². The maximum Gasteiger partial charge on any atom is 0.123 e. The van der Waals surface area contributed by atoms with Crippen LogP contribution in [-0.4, -0.2) is 5.66 Å². The van der Waals surface area contributed by atoms with Crippen LogP contribution in [-0.2, 0) is 0 Å². The molecule has 2 heteroatoms. The van der Waals surface area contributed by atoms with Crippen LogP contribution >= 0.6 is 0 Å². The fourth-order valence-corrected chi connectivity index (χ4v) is 7.11. The molecule has 7 aromatic rings. The first-order valence-corrected chi connectivity index (χ1v) is 15.8. The fourth-order valence-electron chi connectivity index (χ4n) is 7.11. The van der Waals surface area contributed by atoms with Crippen molar-refractivity contribution in [1.29, 1.82) is 0 Å². The van der Waals surface area contributed by atoms with Gasteiger partial charge in [-0.05, 0) is 85.8 Å². The standard InChI is InChI=1S/C44H34N2/c45-44(46(39-20-6-2-7-21-39)40-22-8-3-9-23-40)29-28-41(34-16-4-1-5-17-34)42(37-26-24-32-14-10-12-18-35(32)30-37)43(44)38-27-25-33-15-11-13-19-36(33)31-38/h1-31,43H,45H2. The van der Waals surface area contributed by atoms with Crippen LogP contribution in [0.25, 0.3) is 32.7 Å². The molecule has 0 bridgehead atoms. The molecule has 220 valence electrons. The normalized spacial score (nSPS) is 17.8. The third kappa shape index (κ3) is 4.90. The van der Waals surface area contributed by atoms with Crippen molar-refractivity contribution in [3.05, 3.63) is 205 Å². The van der Waals surface area contributed by atoms with Gasteiger partial charge in [0.25, 0.3) is 0 Å². The lowest BCUT2D eigenvalue weighted by Crippen LogP contribution is -2.58. The molecule has 0 spiro atoms. The summed E-state index contributed by atoms with van der Waals surface area (Å²) in [5.74, 6) is -0.237. The lowest BCUT2D eigenvalue weighted by molar-refractivity contribution is 0.491. The highest BCUT2D eigenvalue weighted by Gasteiger charge is 2.46. The maximum absolute atomic E-state index is 7.97. The van der Waals surface area contributed by atoms with Gasteiger partial charge in [0.1, 0.15) is 5.66 Å². The summed E-state index contributed by atoms with van der Waals surface area (Å²) in [6.07, 6.45) is 4.47. The number of anilines is 2.